The fourth-order valence-corrected chi connectivity index (χ4v) is 6.79. The van der Waals surface area contributed by atoms with E-state index in [4.69, 9.17) is 9.47 Å². The Labute approximate surface area is 279 Å². The first-order valence-corrected chi connectivity index (χ1v) is 19.9. The summed E-state index contributed by atoms with van der Waals surface area (Å²) >= 11 is 7.61. The molecule has 0 aromatic heterocycles. The van der Waals surface area contributed by atoms with Gasteiger partial charge >= 0.3 is 0 Å². The van der Waals surface area contributed by atoms with Gasteiger partial charge in [-0.25, -0.2) is 0 Å². The van der Waals surface area contributed by atoms with E-state index in [0.717, 1.165) is 33.7 Å². The summed E-state index contributed by atoms with van der Waals surface area (Å²) in [6.45, 7) is 10.8. The molecule has 2 nitrogen and oxygen atoms in total. The summed E-state index contributed by atoms with van der Waals surface area (Å²) in [5, 5.41) is 0. The van der Waals surface area contributed by atoms with Crippen LogP contribution in [0.4, 0.5) is 0 Å². The molecular weight excluding hydrogens is 648 g/mol. The van der Waals surface area contributed by atoms with Crippen LogP contribution < -0.4 is 9.47 Å². The van der Waals surface area contributed by atoms with Crippen molar-refractivity contribution < 1.29 is 9.47 Å². The molecule has 1 aromatic rings. The highest BCUT2D eigenvalue weighted by Crippen LogP contribution is 2.37. The number of hydrogen-bond acceptors (Lipinski definition) is 2. The SMILES string of the molecule is CCCCCCCCC(CCCCCC)COc1cc(Br)c(OCC(CCCCCC)CCCCCCCC)cc1Br. The Hall–Kier alpha value is -0.220. The van der Waals surface area contributed by atoms with Crippen LogP contribution in [0.25, 0.3) is 0 Å². The minimum Gasteiger partial charge on any atom is -0.492 e. The normalized spacial score (nSPS) is 12.9. The van der Waals surface area contributed by atoms with Crippen LogP contribution >= 0.6 is 31.9 Å². The number of unbranched alkanes of at least 4 members (excludes halogenated alkanes) is 16. The van der Waals surface area contributed by atoms with E-state index in [1.807, 2.05) is 0 Å². The van der Waals surface area contributed by atoms with Crippen molar-refractivity contribution in [1.29, 1.82) is 0 Å². The van der Waals surface area contributed by atoms with Gasteiger partial charge in [-0.1, -0.05) is 156 Å². The van der Waals surface area contributed by atoms with Crippen LogP contribution in [-0.2, 0) is 0 Å². The lowest BCUT2D eigenvalue weighted by molar-refractivity contribution is 0.217. The molecular formula is C38H68Br2O2. The zero-order valence-corrected chi connectivity index (χ0v) is 31.4. The van der Waals surface area contributed by atoms with Gasteiger partial charge < -0.3 is 9.47 Å². The Balaban J connectivity index is 2.66. The molecule has 0 heterocycles. The first-order chi connectivity index (χ1) is 20.5. The van der Waals surface area contributed by atoms with Gasteiger partial charge in [0.15, 0.2) is 0 Å². The highest BCUT2D eigenvalue weighted by molar-refractivity contribution is 9.11. The molecule has 0 N–H and O–H groups in total. The first kappa shape index (κ1) is 39.8. The third-order valence-corrected chi connectivity index (χ3v) is 10.0. The molecule has 2 atom stereocenters. The van der Waals surface area contributed by atoms with E-state index in [-0.39, 0.29) is 0 Å². The van der Waals surface area contributed by atoms with Crippen molar-refractivity contribution in [2.24, 2.45) is 11.8 Å². The maximum Gasteiger partial charge on any atom is 0.134 e. The van der Waals surface area contributed by atoms with Crippen LogP contribution in [-0.4, -0.2) is 13.2 Å². The van der Waals surface area contributed by atoms with Gasteiger partial charge in [-0.2, -0.15) is 0 Å². The van der Waals surface area contributed by atoms with Gasteiger partial charge in [0.25, 0.3) is 0 Å². The minimum absolute atomic E-state index is 0.644. The molecule has 246 valence electrons. The Kier molecular flexibility index (Phi) is 26.8. The second-order valence-corrected chi connectivity index (χ2v) is 14.6. The second kappa shape index (κ2) is 28.3. The molecule has 0 saturated carbocycles. The third-order valence-electron chi connectivity index (χ3n) is 8.80. The van der Waals surface area contributed by atoms with Crippen molar-refractivity contribution >= 4 is 31.9 Å². The van der Waals surface area contributed by atoms with Gasteiger partial charge in [0.2, 0.25) is 0 Å². The average molecular weight is 717 g/mol. The molecule has 2 unspecified atom stereocenters. The molecule has 0 aliphatic rings. The molecule has 0 saturated heterocycles. The zero-order valence-electron chi connectivity index (χ0n) is 28.3. The van der Waals surface area contributed by atoms with E-state index >= 15 is 0 Å². The maximum atomic E-state index is 6.45. The predicted molar refractivity (Wildman–Crippen MR) is 193 cm³/mol. The standard InChI is InChI=1S/C38H68Br2O2/c1-5-9-13-17-19-23-27-33(25-21-15-11-7-3)31-41-37-29-36(40)38(30-35(37)39)42-32-34(26-22-16-12-8-4)28-24-20-18-14-10-6-2/h29-30,33-34H,5-28,31-32H2,1-4H3. The molecule has 4 heteroatoms. The van der Waals surface area contributed by atoms with Crippen LogP contribution in [0.1, 0.15) is 182 Å². The van der Waals surface area contributed by atoms with Crippen molar-refractivity contribution in [3.05, 3.63) is 21.1 Å². The van der Waals surface area contributed by atoms with Crippen molar-refractivity contribution in [1.82, 2.24) is 0 Å². The van der Waals surface area contributed by atoms with Gasteiger partial charge in [-0.15, -0.1) is 0 Å². The van der Waals surface area contributed by atoms with Crippen molar-refractivity contribution in [3.8, 4) is 11.5 Å². The minimum atomic E-state index is 0.644. The van der Waals surface area contributed by atoms with Crippen LogP contribution in [0.5, 0.6) is 11.5 Å². The maximum absolute atomic E-state index is 6.45. The lowest BCUT2D eigenvalue weighted by atomic mass is 9.95. The van der Waals surface area contributed by atoms with Crippen LogP contribution in [0.2, 0.25) is 0 Å². The van der Waals surface area contributed by atoms with E-state index in [9.17, 15) is 0 Å². The summed E-state index contributed by atoms with van der Waals surface area (Å²) in [6.07, 6.45) is 32.2. The lowest BCUT2D eigenvalue weighted by Gasteiger charge is -2.21. The molecule has 0 spiro atoms. The molecule has 1 rings (SSSR count). The monoisotopic (exact) mass is 714 g/mol. The summed E-state index contributed by atoms with van der Waals surface area (Å²) in [4.78, 5) is 0. The molecule has 0 aliphatic heterocycles. The van der Waals surface area contributed by atoms with Crippen LogP contribution in [0.15, 0.2) is 21.1 Å². The summed E-state index contributed by atoms with van der Waals surface area (Å²) in [5.74, 6) is 3.15. The molecule has 0 bridgehead atoms. The topological polar surface area (TPSA) is 18.5 Å². The highest BCUT2D eigenvalue weighted by Gasteiger charge is 2.16. The average Bonchev–Trinajstić information content (AvgIpc) is 2.99. The smallest absolute Gasteiger partial charge is 0.134 e. The van der Waals surface area contributed by atoms with Gasteiger partial charge in [-0.05, 0) is 81.5 Å². The quantitative estimate of drug-likeness (QED) is 0.0738. The summed E-state index contributed by atoms with van der Waals surface area (Å²) in [5.41, 5.74) is 0. The molecule has 0 radical (unpaired) electrons. The van der Waals surface area contributed by atoms with Crippen LogP contribution in [0.3, 0.4) is 0 Å². The van der Waals surface area contributed by atoms with E-state index in [2.05, 4.69) is 71.7 Å². The fraction of sp³-hybridized carbons (Fsp3) is 0.842. The lowest BCUT2D eigenvalue weighted by Crippen LogP contribution is -2.14. The highest BCUT2D eigenvalue weighted by atomic mass is 79.9. The van der Waals surface area contributed by atoms with Gasteiger partial charge in [0.05, 0.1) is 22.2 Å². The number of benzene rings is 1. The molecule has 0 amide bonds. The largest absolute Gasteiger partial charge is 0.492 e. The predicted octanol–water partition coefficient (Wildman–Crippen LogP) is 14.6. The summed E-state index contributed by atoms with van der Waals surface area (Å²) in [7, 11) is 0. The van der Waals surface area contributed by atoms with Gasteiger partial charge in [-0.3, -0.25) is 0 Å². The second-order valence-electron chi connectivity index (χ2n) is 12.9. The molecule has 42 heavy (non-hydrogen) atoms. The molecule has 1 aromatic carbocycles. The van der Waals surface area contributed by atoms with Crippen molar-refractivity contribution in [2.45, 2.75) is 182 Å². The van der Waals surface area contributed by atoms with E-state index in [1.165, 1.54) is 154 Å². The number of halogens is 2. The number of rotatable bonds is 30. The summed E-state index contributed by atoms with van der Waals surface area (Å²) in [6, 6.07) is 4.23. The van der Waals surface area contributed by atoms with Gasteiger partial charge in [0, 0.05) is 0 Å². The van der Waals surface area contributed by atoms with E-state index < -0.39 is 0 Å². The molecule has 0 fully saturated rings. The van der Waals surface area contributed by atoms with Gasteiger partial charge in [0.1, 0.15) is 11.5 Å². The summed E-state index contributed by atoms with van der Waals surface area (Å²) < 4.78 is 14.9. The Morgan fingerprint density at radius 3 is 1.00 bits per heavy atom. The van der Waals surface area contributed by atoms with Crippen molar-refractivity contribution in [3.63, 3.8) is 0 Å². The number of ether oxygens (including phenoxy) is 2. The third kappa shape index (κ3) is 20.7. The van der Waals surface area contributed by atoms with E-state index in [1.54, 1.807) is 0 Å². The first-order valence-electron chi connectivity index (χ1n) is 18.3. The van der Waals surface area contributed by atoms with Crippen molar-refractivity contribution in [2.75, 3.05) is 13.2 Å². The Morgan fingerprint density at radius 2 is 0.690 bits per heavy atom. The van der Waals surface area contributed by atoms with E-state index in [0.29, 0.717) is 11.8 Å². The molecule has 0 aliphatic carbocycles. The fourth-order valence-electron chi connectivity index (χ4n) is 5.92. The Bertz CT molecular complexity index is 676. The van der Waals surface area contributed by atoms with Crippen LogP contribution in [0, 0.1) is 11.8 Å². The Morgan fingerprint density at radius 1 is 0.429 bits per heavy atom. The number of hydrogen-bond donors (Lipinski definition) is 0. The zero-order chi connectivity index (χ0) is 30.7.